The summed E-state index contributed by atoms with van der Waals surface area (Å²) >= 11 is 0. The Hall–Kier alpha value is -3.23. The van der Waals surface area contributed by atoms with Gasteiger partial charge in [-0.2, -0.15) is 10.2 Å². The number of aromatic nitrogens is 5. The van der Waals surface area contributed by atoms with Gasteiger partial charge in [0.1, 0.15) is 5.69 Å². The molecular formula is C28H37N7O2. The van der Waals surface area contributed by atoms with Gasteiger partial charge in [0.2, 0.25) is 5.91 Å². The molecule has 2 amide bonds. The zero-order valence-electron chi connectivity index (χ0n) is 21.8. The van der Waals surface area contributed by atoms with Gasteiger partial charge < -0.3 is 10.6 Å². The largest absolute Gasteiger partial charge is 0.355 e. The number of rotatable bonds is 7. The van der Waals surface area contributed by atoms with Crippen LogP contribution in [0.4, 0.5) is 0 Å². The van der Waals surface area contributed by atoms with E-state index in [1.807, 2.05) is 29.8 Å². The molecule has 1 saturated heterocycles. The second kappa shape index (κ2) is 9.58. The third kappa shape index (κ3) is 4.88. The first kappa shape index (κ1) is 24.1. The maximum atomic E-state index is 13.3. The normalized spacial score (nSPS) is 25.7. The zero-order valence-corrected chi connectivity index (χ0v) is 21.8. The van der Waals surface area contributed by atoms with Crippen molar-refractivity contribution in [3.63, 3.8) is 0 Å². The number of aryl methyl sites for hydroxylation is 1. The fourth-order valence-electron chi connectivity index (χ4n) is 6.33. The van der Waals surface area contributed by atoms with Gasteiger partial charge in [-0.1, -0.05) is 19.8 Å². The Morgan fingerprint density at radius 1 is 1.22 bits per heavy atom. The van der Waals surface area contributed by atoms with Crippen LogP contribution in [0.25, 0.3) is 5.65 Å². The number of hydrogen-bond donors (Lipinski definition) is 2. The first-order chi connectivity index (χ1) is 17.9. The zero-order chi connectivity index (χ0) is 25.6. The molecule has 2 aliphatic carbocycles. The molecule has 0 bridgehead atoms. The lowest BCUT2D eigenvalue weighted by Gasteiger charge is -2.32. The van der Waals surface area contributed by atoms with E-state index in [2.05, 4.69) is 22.7 Å². The van der Waals surface area contributed by atoms with E-state index >= 15 is 0 Å². The number of nitrogens with zero attached hydrogens (tertiary/aromatic N) is 5. The maximum Gasteiger partial charge on any atom is 0.270 e. The summed E-state index contributed by atoms with van der Waals surface area (Å²) in [6.07, 6.45) is 12.1. The van der Waals surface area contributed by atoms with Crippen molar-refractivity contribution in [3.8, 4) is 0 Å². The van der Waals surface area contributed by atoms with E-state index in [1.165, 1.54) is 12.8 Å². The number of imidazole rings is 1. The standard InChI is InChI=1S/C28H37N7O2/c1-3-34-23(10-13-30-34)27(37)32-25(19-6-4-18(2)5-7-19)22-16-35-24(31-22)9-8-21(33-35)14-20-15-28(11-12-28)17-29-26(20)36/h8-10,13,16,18-20,25H,3-7,11-12,14-15,17H2,1-2H3,(H,29,36)(H,32,37)/t18?,19?,20?,25-/m0/s1. The van der Waals surface area contributed by atoms with Gasteiger partial charge >= 0.3 is 0 Å². The van der Waals surface area contributed by atoms with Crippen molar-refractivity contribution < 1.29 is 9.59 Å². The SMILES string of the molecule is CCn1nccc1C(=O)N[C@H](c1cn2nc(CC3CC4(CC4)CNC3=O)ccc2n1)C1CCC(C)CC1. The molecule has 3 fully saturated rings. The molecule has 3 aliphatic rings. The number of hydrogen-bond acceptors (Lipinski definition) is 5. The molecule has 2 atom stereocenters. The lowest BCUT2D eigenvalue weighted by Crippen LogP contribution is -2.43. The highest BCUT2D eigenvalue weighted by molar-refractivity contribution is 5.92. The van der Waals surface area contributed by atoms with Crippen LogP contribution in [-0.2, 0) is 17.8 Å². The van der Waals surface area contributed by atoms with Crippen LogP contribution in [0.15, 0.2) is 30.6 Å². The first-order valence-corrected chi connectivity index (χ1v) is 13.9. The smallest absolute Gasteiger partial charge is 0.270 e. The van der Waals surface area contributed by atoms with Crippen LogP contribution in [0.5, 0.6) is 0 Å². The van der Waals surface area contributed by atoms with E-state index in [9.17, 15) is 9.59 Å². The molecule has 1 unspecified atom stereocenters. The van der Waals surface area contributed by atoms with Gasteiger partial charge in [-0.05, 0) is 74.5 Å². The van der Waals surface area contributed by atoms with Crippen molar-refractivity contribution in [1.82, 2.24) is 35.0 Å². The molecule has 1 aliphatic heterocycles. The van der Waals surface area contributed by atoms with E-state index in [-0.39, 0.29) is 23.8 Å². The van der Waals surface area contributed by atoms with Crippen molar-refractivity contribution in [2.45, 2.75) is 77.8 Å². The predicted molar refractivity (Wildman–Crippen MR) is 139 cm³/mol. The topological polar surface area (TPSA) is 106 Å². The summed E-state index contributed by atoms with van der Waals surface area (Å²) in [5.41, 5.74) is 3.40. The lowest BCUT2D eigenvalue weighted by atomic mass is 9.78. The molecule has 1 spiro atoms. The van der Waals surface area contributed by atoms with Crippen LogP contribution >= 0.6 is 0 Å². The van der Waals surface area contributed by atoms with Crippen molar-refractivity contribution in [2.75, 3.05) is 6.54 Å². The molecule has 2 saturated carbocycles. The van der Waals surface area contributed by atoms with E-state index in [0.29, 0.717) is 35.9 Å². The summed E-state index contributed by atoms with van der Waals surface area (Å²) in [6, 6.07) is 5.55. The highest BCUT2D eigenvalue weighted by Gasteiger charge is 2.48. The van der Waals surface area contributed by atoms with Crippen LogP contribution in [0.1, 0.15) is 86.7 Å². The van der Waals surface area contributed by atoms with Crippen LogP contribution in [0, 0.1) is 23.2 Å². The van der Waals surface area contributed by atoms with Crippen molar-refractivity contribution in [3.05, 3.63) is 47.7 Å². The minimum atomic E-state index is -0.191. The fourth-order valence-corrected chi connectivity index (χ4v) is 6.33. The summed E-state index contributed by atoms with van der Waals surface area (Å²) in [4.78, 5) is 30.7. The van der Waals surface area contributed by atoms with Crippen LogP contribution < -0.4 is 10.6 Å². The molecule has 37 heavy (non-hydrogen) atoms. The third-order valence-electron chi connectivity index (χ3n) is 8.88. The number of piperidine rings is 1. The van der Waals surface area contributed by atoms with Gasteiger partial charge in [-0.25, -0.2) is 9.50 Å². The molecule has 196 valence electrons. The van der Waals surface area contributed by atoms with Crippen molar-refractivity contribution >= 4 is 17.5 Å². The summed E-state index contributed by atoms with van der Waals surface area (Å²) in [7, 11) is 0. The highest BCUT2D eigenvalue weighted by atomic mass is 16.2. The predicted octanol–water partition coefficient (Wildman–Crippen LogP) is 3.70. The third-order valence-corrected chi connectivity index (χ3v) is 8.88. The minimum absolute atomic E-state index is 0.0242. The summed E-state index contributed by atoms with van der Waals surface area (Å²) in [5.74, 6) is 1.04. The summed E-state index contributed by atoms with van der Waals surface area (Å²) < 4.78 is 3.54. The molecule has 3 aromatic rings. The molecule has 0 radical (unpaired) electrons. The minimum Gasteiger partial charge on any atom is -0.355 e. The Kier molecular flexibility index (Phi) is 6.24. The van der Waals surface area contributed by atoms with E-state index in [1.54, 1.807) is 16.9 Å². The van der Waals surface area contributed by atoms with Crippen molar-refractivity contribution in [1.29, 1.82) is 0 Å². The number of nitrogens with one attached hydrogen (secondary N) is 2. The first-order valence-electron chi connectivity index (χ1n) is 13.9. The van der Waals surface area contributed by atoms with Gasteiger partial charge in [-0.15, -0.1) is 0 Å². The molecule has 9 heteroatoms. The second-order valence-corrected chi connectivity index (χ2v) is 11.6. The molecule has 6 rings (SSSR count). The van der Waals surface area contributed by atoms with E-state index < -0.39 is 0 Å². The van der Waals surface area contributed by atoms with Gasteiger partial charge in [0.25, 0.3) is 5.91 Å². The number of amides is 2. The second-order valence-electron chi connectivity index (χ2n) is 11.6. The van der Waals surface area contributed by atoms with Gasteiger partial charge in [0.15, 0.2) is 5.65 Å². The number of carbonyl (C=O) groups is 2. The van der Waals surface area contributed by atoms with Gasteiger partial charge in [0.05, 0.1) is 23.6 Å². The molecule has 4 heterocycles. The Morgan fingerprint density at radius 2 is 2.03 bits per heavy atom. The Labute approximate surface area is 217 Å². The Bertz CT molecular complexity index is 1300. The molecule has 0 aromatic carbocycles. The Morgan fingerprint density at radius 3 is 2.78 bits per heavy atom. The molecular weight excluding hydrogens is 466 g/mol. The van der Waals surface area contributed by atoms with Gasteiger partial charge in [-0.3, -0.25) is 14.3 Å². The maximum absolute atomic E-state index is 13.3. The van der Waals surface area contributed by atoms with Gasteiger partial charge in [0, 0.05) is 31.6 Å². The van der Waals surface area contributed by atoms with Crippen LogP contribution in [-0.4, -0.2) is 42.7 Å². The monoisotopic (exact) mass is 503 g/mol. The highest BCUT2D eigenvalue weighted by Crippen LogP contribution is 2.52. The van der Waals surface area contributed by atoms with E-state index in [4.69, 9.17) is 10.1 Å². The molecule has 2 N–H and O–H groups in total. The summed E-state index contributed by atoms with van der Waals surface area (Å²) in [5, 5.41) is 15.5. The van der Waals surface area contributed by atoms with E-state index in [0.717, 1.165) is 55.7 Å². The fraction of sp³-hybridized carbons (Fsp3) is 0.607. The average molecular weight is 504 g/mol. The quantitative estimate of drug-likeness (QED) is 0.511. The molecule has 3 aromatic heterocycles. The molecule has 9 nitrogen and oxygen atoms in total. The number of fused-ring (bicyclic) bond motifs is 1. The average Bonchev–Trinajstić information content (AvgIpc) is 3.28. The number of carbonyl (C=O) groups excluding carboxylic acids is 2. The summed E-state index contributed by atoms with van der Waals surface area (Å²) in [6.45, 7) is 5.75. The Balaban J connectivity index is 1.25. The van der Waals surface area contributed by atoms with Crippen LogP contribution in [0.3, 0.4) is 0 Å². The van der Waals surface area contributed by atoms with Crippen LogP contribution in [0.2, 0.25) is 0 Å². The van der Waals surface area contributed by atoms with Crippen molar-refractivity contribution in [2.24, 2.45) is 23.2 Å². The lowest BCUT2D eigenvalue weighted by molar-refractivity contribution is -0.128.